The molecule has 0 aromatic carbocycles. The fraction of sp³-hybridized carbons (Fsp3) is 1.00. The number of aliphatic hydroxyl groups is 4. The van der Waals surface area contributed by atoms with Crippen LogP contribution < -0.4 is 0 Å². The minimum Gasteiger partial charge on any atom is -0.396 e. The van der Waals surface area contributed by atoms with Crippen LogP contribution in [0.3, 0.4) is 0 Å². The molecule has 4 nitrogen and oxygen atoms in total. The average Bonchev–Trinajstić information content (AvgIpc) is 2.53. The first-order chi connectivity index (χ1) is 12.6. The first-order valence-electron chi connectivity index (χ1n) is 11.4. The summed E-state index contributed by atoms with van der Waals surface area (Å²) in [6.07, 6.45) is 11.9. The van der Waals surface area contributed by atoms with Crippen LogP contribution in [0.1, 0.15) is 105 Å². The molecular formula is C23H48O4. The maximum Gasteiger partial charge on any atom is 0.278 e. The molecule has 0 aliphatic rings. The first kappa shape index (κ1) is 26.8. The number of rotatable bonds is 17. The van der Waals surface area contributed by atoms with Gasteiger partial charge in [-0.2, -0.15) is 0 Å². The summed E-state index contributed by atoms with van der Waals surface area (Å²) in [5.74, 6) is -0.897. The molecule has 0 fully saturated rings. The standard InChI is InChI=1S/C23H48O4/c1-18(2)10-6-11-19(3)12-7-13-20(4)14-8-15-21(5)22(16-9-17-24)23(25,26)27/h18-22,24-27H,6-17H2,1-5H3. The molecule has 4 N–H and O–H groups in total. The molecule has 0 heterocycles. The monoisotopic (exact) mass is 388 g/mol. The predicted octanol–water partition coefficient (Wildman–Crippen LogP) is 5.08. The third-order valence-electron chi connectivity index (χ3n) is 6.09. The first-order valence-corrected chi connectivity index (χ1v) is 11.4. The maximum absolute atomic E-state index is 9.57. The van der Waals surface area contributed by atoms with Crippen LogP contribution in [0.4, 0.5) is 0 Å². The molecule has 0 aromatic heterocycles. The molecule has 0 rings (SSSR count). The molecule has 164 valence electrons. The summed E-state index contributed by atoms with van der Waals surface area (Å²) < 4.78 is 0. The van der Waals surface area contributed by atoms with Crippen molar-refractivity contribution in [3.8, 4) is 0 Å². The lowest BCUT2D eigenvalue weighted by molar-refractivity contribution is -0.350. The second kappa shape index (κ2) is 14.8. The molecule has 4 atom stereocenters. The van der Waals surface area contributed by atoms with E-state index < -0.39 is 11.9 Å². The summed E-state index contributed by atoms with van der Waals surface area (Å²) in [5, 5.41) is 37.7. The molecule has 0 saturated carbocycles. The molecule has 4 unspecified atom stereocenters. The van der Waals surface area contributed by atoms with Crippen molar-refractivity contribution in [3.05, 3.63) is 0 Å². The zero-order chi connectivity index (χ0) is 20.9. The molecule has 0 aliphatic heterocycles. The van der Waals surface area contributed by atoms with Crippen molar-refractivity contribution in [2.24, 2.45) is 29.6 Å². The fourth-order valence-corrected chi connectivity index (χ4v) is 4.14. The van der Waals surface area contributed by atoms with E-state index in [0.29, 0.717) is 18.8 Å². The SMILES string of the molecule is CC(C)CCCC(C)CCCC(C)CCCC(C)C(CCCO)C(O)(O)O. The van der Waals surface area contributed by atoms with E-state index >= 15 is 0 Å². The number of hydrogen-bond donors (Lipinski definition) is 4. The summed E-state index contributed by atoms with van der Waals surface area (Å²) in [6.45, 7) is 11.2. The molecule has 0 radical (unpaired) electrons. The van der Waals surface area contributed by atoms with Gasteiger partial charge < -0.3 is 20.4 Å². The van der Waals surface area contributed by atoms with E-state index in [4.69, 9.17) is 5.11 Å². The Kier molecular flexibility index (Phi) is 14.7. The average molecular weight is 389 g/mol. The van der Waals surface area contributed by atoms with Crippen LogP contribution in [0.5, 0.6) is 0 Å². The summed E-state index contributed by atoms with van der Waals surface area (Å²) in [5.41, 5.74) is 0. The zero-order valence-corrected chi connectivity index (χ0v) is 18.7. The molecule has 0 bridgehead atoms. The van der Waals surface area contributed by atoms with E-state index in [-0.39, 0.29) is 12.5 Å². The predicted molar refractivity (Wildman–Crippen MR) is 113 cm³/mol. The van der Waals surface area contributed by atoms with Crippen molar-refractivity contribution in [2.45, 2.75) is 111 Å². The topological polar surface area (TPSA) is 80.9 Å². The molecule has 0 saturated heterocycles. The molecular weight excluding hydrogens is 340 g/mol. The second-order valence-corrected chi connectivity index (χ2v) is 9.53. The summed E-state index contributed by atoms with van der Waals surface area (Å²) in [6, 6.07) is 0. The lowest BCUT2D eigenvalue weighted by atomic mass is 9.83. The normalized spacial score (nSPS) is 17.1. The Bertz CT molecular complexity index is 338. The van der Waals surface area contributed by atoms with Crippen molar-refractivity contribution in [1.82, 2.24) is 0 Å². The second-order valence-electron chi connectivity index (χ2n) is 9.53. The maximum atomic E-state index is 9.57. The molecule has 0 amide bonds. The van der Waals surface area contributed by atoms with Crippen molar-refractivity contribution in [1.29, 1.82) is 0 Å². The van der Waals surface area contributed by atoms with Crippen LogP contribution in [-0.2, 0) is 0 Å². The van der Waals surface area contributed by atoms with Crippen molar-refractivity contribution in [2.75, 3.05) is 6.61 Å². The summed E-state index contributed by atoms with van der Waals surface area (Å²) in [7, 11) is 0. The van der Waals surface area contributed by atoms with Crippen molar-refractivity contribution >= 4 is 0 Å². The highest BCUT2D eigenvalue weighted by atomic mass is 16.7. The van der Waals surface area contributed by atoms with Crippen LogP contribution >= 0.6 is 0 Å². The Labute approximate surface area is 168 Å². The van der Waals surface area contributed by atoms with E-state index in [2.05, 4.69) is 27.7 Å². The van der Waals surface area contributed by atoms with Crippen LogP contribution in [0, 0.1) is 29.6 Å². The van der Waals surface area contributed by atoms with E-state index in [1.165, 1.54) is 38.5 Å². The largest absolute Gasteiger partial charge is 0.396 e. The minimum atomic E-state index is -2.65. The van der Waals surface area contributed by atoms with E-state index in [0.717, 1.165) is 31.1 Å². The Balaban J connectivity index is 3.95. The molecule has 0 aromatic rings. The fourth-order valence-electron chi connectivity index (χ4n) is 4.14. The number of aliphatic hydroxyl groups excluding tert-OH is 1. The van der Waals surface area contributed by atoms with Crippen LogP contribution in [0.2, 0.25) is 0 Å². The quantitative estimate of drug-likeness (QED) is 0.262. The highest BCUT2D eigenvalue weighted by molar-refractivity contribution is 4.73. The smallest absolute Gasteiger partial charge is 0.278 e. The van der Waals surface area contributed by atoms with Gasteiger partial charge in [-0.1, -0.05) is 92.4 Å². The van der Waals surface area contributed by atoms with E-state index in [1.54, 1.807) is 0 Å². The highest BCUT2D eigenvalue weighted by Gasteiger charge is 2.35. The van der Waals surface area contributed by atoms with Crippen LogP contribution in [-0.4, -0.2) is 33.0 Å². The van der Waals surface area contributed by atoms with Crippen LogP contribution in [0.25, 0.3) is 0 Å². The van der Waals surface area contributed by atoms with Gasteiger partial charge in [-0.25, -0.2) is 0 Å². The Morgan fingerprint density at radius 2 is 1.04 bits per heavy atom. The van der Waals surface area contributed by atoms with Crippen LogP contribution in [0.15, 0.2) is 0 Å². The lowest BCUT2D eigenvalue weighted by Crippen LogP contribution is -2.41. The van der Waals surface area contributed by atoms with E-state index in [1.807, 2.05) is 6.92 Å². The van der Waals surface area contributed by atoms with Gasteiger partial charge in [0.05, 0.1) is 0 Å². The van der Waals surface area contributed by atoms with Gasteiger partial charge in [0.2, 0.25) is 0 Å². The van der Waals surface area contributed by atoms with Gasteiger partial charge in [0.1, 0.15) is 0 Å². The third-order valence-corrected chi connectivity index (χ3v) is 6.09. The number of hydrogen-bond acceptors (Lipinski definition) is 4. The molecule has 4 heteroatoms. The van der Waals surface area contributed by atoms with Gasteiger partial charge in [0.15, 0.2) is 0 Å². The van der Waals surface area contributed by atoms with Gasteiger partial charge in [-0.3, -0.25) is 0 Å². The third kappa shape index (κ3) is 14.5. The van der Waals surface area contributed by atoms with E-state index in [9.17, 15) is 15.3 Å². The van der Waals surface area contributed by atoms with Gasteiger partial charge in [0.25, 0.3) is 5.97 Å². The summed E-state index contributed by atoms with van der Waals surface area (Å²) >= 11 is 0. The molecule has 0 spiro atoms. The van der Waals surface area contributed by atoms with Gasteiger partial charge in [-0.05, 0) is 36.5 Å². The van der Waals surface area contributed by atoms with Gasteiger partial charge >= 0.3 is 0 Å². The Hall–Kier alpha value is -0.160. The molecule has 0 aliphatic carbocycles. The highest BCUT2D eigenvalue weighted by Crippen LogP contribution is 2.30. The Morgan fingerprint density at radius 1 is 0.593 bits per heavy atom. The zero-order valence-electron chi connectivity index (χ0n) is 18.7. The molecule has 27 heavy (non-hydrogen) atoms. The van der Waals surface area contributed by atoms with Crippen molar-refractivity contribution < 1.29 is 20.4 Å². The minimum absolute atomic E-state index is 0.00618. The van der Waals surface area contributed by atoms with Gasteiger partial charge in [0, 0.05) is 12.5 Å². The lowest BCUT2D eigenvalue weighted by Gasteiger charge is -2.31. The van der Waals surface area contributed by atoms with Crippen molar-refractivity contribution in [3.63, 3.8) is 0 Å². The Morgan fingerprint density at radius 3 is 1.44 bits per heavy atom. The summed E-state index contributed by atoms with van der Waals surface area (Å²) in [4.78, 5) is 0. The van der Waals surface area contributed by atoms with Gasteiger partial charge in [-0.15, -0.1) is 0 Å².